The first-order valence-electron chi connectivity index (χ1n) is 7.91. The lowest BCUT2D eigenvalue weighted by molar-refractivity contribution is 0.560. The van der Waals surface area contributed by atoms with Crippen molar-refractivity contribution < 1.29 is 8.42 Å². The molecule has 6 nitrogen and oxygen atoms in total. The van der Waals surface area contributed by atoms with Gasteiger partial charge in [-0.2, -0.15) is 0 Å². The summed E-state index contributed by atoms with van der Waals surface area (Å²) in [6.45, 7) is 5.80. The smallest absolute Gasteiger partial charge is 0.211 e. The van der Waals surface area contributed by atoms with Crippen molar-refractivity contribution in [2.45, 2.75) is 26.7 Å². The van der Waals surface area contributed by atoms with Crippen molar-refractivity contribution in [2.75, 3.05) is 32.4 Å². The molecule has 0 fully saturated rings. The maximum absolute atomic E-state index is 11.3. The molecule has 0 spiro atoms. The van der Waals surface area contributed by atoms with Crippen LogP contribution in [0.25, 0.3) is 0 Å². The first kappa shape index (κ1) is 23.6. The van der Waals surface area contributed by atoms with E-state index in [9.17, 15) is 8.42 Å². The van der Waals surface area contributed by atoms with E-state index in [0.29, 0.717) is 25.4 Å². The molecular formula is C15H29IN4O2S2. The van der Waals surface area contributed by atoms with Crippen LogP contribution in [0.3, 0.4) is 0 Å². The van der Waals surface area contributed by atoms with Crippen molar-refractivity contribution in [1.29, 1.82) is 0 Å². The first-order valence-corrected chi connectivity index (χ1v) is 10.4. The van der Waals surface area contributed by atoms with Crippen molar-refractivity contribution in [3.63, 3.8) is 0 Å². The van der Waals surface area contributed by atoms with Gasteiger partial charge in [0.25, 0.3) is 0 Å². The van der Waals surface area contributed by atoms with E-state index in [4.69, 9.17) is 0 Å². The highest BCUT2D eigenvalue weighted by Gasteiger charge is 2.07. The van der Waals surface area contributed by atoms with Crippen LogP contribution in [0.4, 0.5) is 0 Å². The molecule has 0 saturated heterocycles. The summed E-state index contributed by atoms with van der Waals surface area (Å²) in [6.07, 6.45) is 1.77. The molecule has 1 atom stereocenters. The second-order valence-corrected chi connectivity index (χ2v) is 8.55. The van der Waals surface area contributed by atoms with Crippen LogP contribution in [0.5, 0.6) is 0 Å². The number of halogens is 1. The standard InChI is InChI=1S/C15H28N4O2S2.HI/c1-4-23(20,21)19-9-6-8-17-15(16-3)18-12-13(2)11-14-7-5-10-22-14;/h5,7,10,13,19H,4,6,8-9,11-12H2,1-3H3,(H2,16,17,18);1H. The average molecular weight is 488 g/mol. The molecule has 1 rings (SSSR count). The summed E-state index contributed by atoms with van der Waals surface area (Å²) in [7, 11) is -1.36. The largest absolute Gasteiger partial charge is 0.356 e. The van der Waals surface area contributed by atoms with Gasteiger partial charge < -0.3 is 10.6 Å². The Morgan fingerprint density at radius 3 is 2.67 bits per heavy atom. The Kier molecular flexibility index (Phi) is 12.7. The van der Waals surface area contributed by atoms with E-state index in [-0.39, 0.29) is 29.7 Å². The molecule has 0 aromatic carbocycles. The Bertz CT molecular complexity index is 562. The van der Waals surface area contributed by atoms with Crippen LogP contribution < -0.4 is 15.4 Å². The zero-order chi connectivity index (χ0) is 17.1. The third-order valence-electron chi connectivity index (χ3n) is 3.32. The quantitative estimate of drug-likeness (QED) is 0.204. The van der Waals surface area contributed by atoms with E-state index in [1.54, 1.807) is 25.3 Å². The molecule has 1 heterocycles. The van der Waals surface area contributed by atoms with Crippen LogP contribution in [0.1, 0.15) is 25.1 Å². The van der Waals surface area contributed by atoms with Crippen LogP contribution >= 0.6 is 35.3 Å². The molecule has 0 aliphatic rings. The topological polar surface area (TPSA) is 82.6 Å². The third-order valence-corrected chi connectivity index (χ3v) is 5.62. The van der Waals surface area contributed by atoms with Gasteiger partial charge in [0.1, 0.15) is 0 Å². The molecule has 0 aliphatic carbocycles. The number of thiophene rings is 1. The normalized spacial score (nSPS) is 13.2. The molecule has 9 heteroatoms. The van der Waals surface area contributed by atoms with Gasteiger partial charge in [0.05, 0.1) is 5.75 Å². The minimum atomic E-state index is -3.09. The summed E-state index contributed by atoms with van der Waals surface area (Å²) in [4.78, 5) is 5.57. The fraction of sp³-hybridized carbons (Fsp3) is 0.667. The zero-order valence-corrected chi connectivity index (χ0v) is 18.5. The lowest BCUT2D eigenvalue weighted by atomic mass is 10.1. The Labute approximate surface area is 167 Å². The van der Waals surface area contributed by atoms with Crippen LogP contribution in [-0.2, 0) is 16.4 Å². The molecule has 140 valence electrons. The second-order valence-electron chi connectivity index (χ2n) is 5.42. The van der Waals surface area contributed by atoms with E-state index in [1.165, 1.54) is 4.88 Å². The van der Waals surface area contributed by atoms with Gasteiger partial charge in [-0.25, -0.2) is 13.1 Å². The Morgan fingerprint density at radius 2 is 2.08 bits per heavy atom. The van der Waals surface area contributed by atoms with E-state index in [0.717, 1.165) is 18.9 Å². The molecule has 24 heavy (non-hydrogen) atoms. The lowest BCUT2D eigenvalue weighted by Crippen LogP contribution is -2.40. The van der Waals surface area contributed by atoms with Crippen molar-refractivity contribution in [3.8, 4) is 0 Å². The van der Waals surface area contributed by atoms with Gasteiger partial charge in [-0.1, -0.05) is 13.0 Å². The molecule has 0 aliphatic heterocycles. The van der Waals surface area contributed by atoms with Gasteiger partial charge in [0, 0.05) is 31.6 Å². The monoisotopic (exact) mass is 488 g/mol. The fourth-order valence-corrected chi connectivity index (χ4v) is 3.49. The fourth-order valence-electron chi connectivity index (χ4n) is 1.96. The SMILES string of the molecule is CCS(=O)(=O)NCCCNC(=NC)NCC(C)Cc1cccs1.I. The van der Waals surface area contributed by atoms with E-state index in [2.05, 4.69) is 44.8 Å². The first-order chi connectivity index (χ1) is 11.0. The van der Waals surface area contributed by atoms with Crippen LogP contribution in [0.2, 0.25) is 0 Å². The molecule has 1 aromatic rings. The second kappa shape index (κ2) is 12.9. The minimum Gasteiger partial charge on any atom is -0.356 e. The Balaban J connectivity index is 0.00000529. The van der Waals surface area contributed by atoms with Crippen LogP contribution in [0.15, 0.2) is 22.5 Å². The van der Waals surface area contributed by atoms with Crippen LogP contribution in [-0.4, -0.2) is 46.8 Å². The number of aliphatic imine (C=N–C) groups is 1. The van der Waals surface area contributed by atoms with Gasteiger partial charge in [-0.3, -0.25) is 4.99 Å². The zero-order valence-electron chi connectivity index (χ0n) is 14.5. The predicted molar refractivity (Wildman–Crippen MR) is 114 cm³/mol. The molecule has 0 amide bonds. The van der Waals surface area contributed by atoms with Crippen molar-refractivity contribution in [3.05, 3.63) is 22.4 Å². The number of hydrogen-bond acceptors (Lipinski definition) is 4. The van der Waals surface area contributed by atoms with E-state index in [1.807, 2.05) is 0 Å². The molecule has 0 bridgehead atoms. The summed E-state index contributed by atoms with van der Waals surface area (Å²) in [6, 6.07) is 4.24. The summed E-state index contributed by atoms with van der Waals surface area (Å²) in [5.41, 5.74) is 0. The molecular weight excluding hydrogens is 459 g/mol. The van der Waals surface area contributed by atoms with Crippen molar-refractivity contribution in [1.82, 2.24) is 15.4 Å². The highest BCUT2D eigenvalue weighted by atomic mass is 127. The van der Waals surface area contributed by atoms with Crippen molar-refractivity contribution >= 4 is 51.3 Å². The molecule has 1 unspecified atom stereocenters. The summed E-state index contributed by atoms with van der Waals surface area (Å²) >= 11 is 1.78. The highest BCUT2D eigenvalue weighted by Crippen LogP contribution is 2.13. The molecule has 1 aromatic heterocycles. The minimum absolute atomic E-state index is 0. The Hall–Kier alpha value is -0.390. The Morgan fingerprint density at radius 1 is 1.33 bits per heavy atom. The maximum atomic E-state index is 11.3. The summed E-state index contributed by atoms with van der Waals surface area (Å²) in [5, 5.41) is 8.60. The number of nitrogens with one attached hydrogen (secondary N) is 3. The van der Waals surface area contributed by atoms with Crippen molar-refractivity contribution in [2.24, 2.45) is 10.9 Å². The summed E-state index contributed by atoms with van der Waals surface area (Å²) < 4.78 is 25.1. The maximum Gasteiger partial charge on any atom is 0.211 e. The predicted octanol–water partition coefficient (Wildman–Crippen LogP) is 2.04. The van der Waals surface area contributed by atoms with Gasteiger partial charge in [-0.15, -0.1) is 35.3 Å². The van der Waals surface area contributed by atoms with Crippen LogP contribution in [0, 0.1) is 5.92 Å². The van der Waals surface area contributed by atoms with Gasteiger partial charge >= 0.3 is 0 Å². The highest BCUT2D eigenvalue weighted by molar-refractivity contribution is 14.0. The molecule has 0 saturated carbocycles. The number of hydrogen-bond donors (Lipinski definition) is 3. The summed E-state index contributed by atoms with van der Waals surface area (Å²) in [5.74, 6) is 1.39. The number of guanidine groups is 1. The average Bonchev–Trinajstić information content (AvgIpc) is 3.02. The van der Waals surface area contributed by atoms with Gasteiger partial charge in [0.2, 0.25) is 10.0 Å². The molecule has 3 N–H and O–H groups in total. The van der Waals surface area contributed by atoms with E-state index < -0.39 is 10.0 Å². The number of sulfonamides is 1. The lowest BCUT2D eigenvalue weighted by Gasteiger charge is -2.15. The number of rotatable bonds is 10. The number of nitrogens with zero attached hydrogens (tertiary/aromatic N) is 1. The van der Waals surface area contributed by atoms with E-state index >= 15 is 0 Å². The molecule has 0 radical (unpaired) electrons. The third kappa shape index (κ3) is 10.5. The van der Waals surface area contributed by atoms with Gasteiger partial charge in [0.15, 0.2) is 5.96 Å². The van der Waals surface area contributed by atoms with Gasteiger partial charge in [-0.05, 0) is 37.1 Å².